The molecule has 0 bridgehead atoms. The van der Waals surface area contributed by atoms with Crippen LogP contribution in [-0.2, 0) is 10.0 Å². The lowest BCUT2D eigenvalue weighted by Crippen LogP contribution is -2.37. The fourth-order valence-electron chi connectivity index (χ4n) is 2.35. The van der Waals surface area contributed by atoms with Crippen molar-refractivity contribution in [3.8, 4) is 0 Å². The lowest BCUT2D eigenvalue weighted by atomic mass is 10.1. The lowest BCUT2D eigenvalue weighted by Gasteiger charge is -2.26. The van der Waals surface area contributed by atoms with Crippen LogP contribution in [0.15, 0.2) is 29.2 Å². The van der Waals surface area contributed by atoms with E-state index in [0.717, 1.165) is 38.4 Å². The van der Waals surface area contributed by atoms with Crippen LogP contribution in [0.2, 0.25) is 0 Å². The van der Waals surface area contributed by atoms with Gasteiger partial charge in [0.05, 0.1) is 4.90 Å². The van der Waals surface area contributed by atoms with E-state index in [2.05, 4.69) is 5.32 Å². The van der Waals surface area contributed by atoms with Gasteiger partial charge in [0, 0.05) is 13.1 Å². The summed E-state index contributed by atoms with van der Waals surface area (Å²) in [4.78, 5) is 0.0206. The summed E-state index contributed by atoms with van der Waals surface area (Å²) in [6.45, 7) is 1.73. The molecule has 0 saturated carbocycles. The minimum atomic E-state index is -3.61. The zero-order valence-corrected chi connectivity index (χ0v) is 11.8. The SMILES string of the molecule is CN(C1CCCNCC1)S(=O)(=O)c1cccc(F)c1. The third-order valence-electron chi connectivity index (χ3n) is 3.53. The molecule has 0 aromatic heterocycles. The number of hydrogen-bond donors (Lipinski definition) is 1. The van der Waals surface area contributed by atoms with E-state index in [-0.39, 0.29) is 10.9 Å². The van der Waals surface area contributed by atoms with Gasteiger partial charge in [-0.25, -0.2) is 12.8 Å². The predicted molar refractivity (Wildman–Crippen MR) is 71.9 cm³/mol. The first-order chi connectivity index (χ1) is 9.01. The summed E-state index contributed by atoms with van der Waals surface area (Å²) in [5.41, 5.74) is 0. The standard InChI is InChI=1S/C13H19FN2O2S/c1-16(12-5-3-8-15-9-7-12)19(17,18)13-6-2-4-11(14)10-13/h2,4,6,10,12,15H,3,5,7-9H2,1H3. The van der Waals surface area contributed by atoms with Gasteiger partial charge in [-0.1, -0.05) is 6.07 Å². The number of halogens is 1. The Morgan fingerprint density at radius 2 is 2.11 bits per heavy atom. The number of hydrogen-bond acceptors (Lipinski definition) is 3. The van der Waals surface area contributed by atoms with E-state index in [9.17, 15) is 12.8 Å². The van der Waals surface area contributed by atoms with E-state index >= 15 is 0 Å². The third-order valence-corrected chi connectivity index (χ3v) is 5.44. The van der Waals surface area contributed by atoms with Crippen molar-refractivity contribution >= 4 is 10.0 Å². The molecule has 0 amide bonds. The second-order valence-corrected chi connectivity index (χ2v) is 6.81. The maximum atomic E-state index is 13.2. The molecular weight excluding hydrogens is 267 g/mol. The molecule has 1 saturated heterocycles. The summed E-state index contributed by atoms with van der Waals surface area (Å²) in [5, 5.41) is 3.25. The first-order valence-electron chi connectivity index (χ1n) is 6.46. The molecule has 2 rings (SSSR count). The minimum Gasteiger partial charge on any atom is -0.317 e. The molecule has 4 nitrogen and oxygen atoms in total. The molecule has 1 heterocycles. The molecule has 1 aliphatic rings. The monoisotopic (exact) mass is 286 g/mol. The Hall–Kier alpha value is -0.980. The van der Waals surface area contributed by atoms with Crippen molar-refractivity contribution in [1.82, 2.24) is 9.62 Å². The van der Waals surface area contributed by atoms with Gasteiger partial charge in [-0.05, 0) is 50.6 Å². The predicted octanol–water partition coefficient (Wildman–Crippen LogP) is 1.59. The molecule has 19 heavy (non-hydrogen) atoms. The van der Waals surface area contributed by atoms with Crippen molar-refractivity contribution in [2.75, 3.05) is 20.1 Å². The number of nitrogens with one attached hydrogen (secondary N) is 1. The molecule has 0 aliphatic carbocycles. The topological polar surface area (TPSA) is 49.4 Å². The van der Waals surface area contributed by atoms with Gasteiger partial charge in [0.1, 0.15) is 5.82 Å². The Bertz CT molecular complexity index is 525. The number of nitrogens with zero attached hydrogens (tertiary/aromatic N) is 1. The van der Waals surface area contributed by atoms with Gasteiger partial charge in [0.2, 0.25) is 10.0 Å². The van der Waals surface area contributed by atoms with Crippen LogP contribution in [0.5, 0.6) is 0 Å². The van der Waals surface area contributed by atoms with Crippen LogP contribution in [0, 0.1) is 5.82 Å². The first-order valence-corrected chi connectivity index (χ1v) is 7.90. The van der Waals surface area contributed by atoms with Crippen LogP contribution in [0.1, 0.15) is 19.3 Å². The molecule has 1 aromatic carbocycles. The van der Waals surface area contributed by atoms with E-state index < -0.39 is 15.8 Å². The molecule has 1 N–H and O–H groups in total. The highest BCUT2D eigenvalue weighted by atomic mass is 32.2. The van der Waals surface area contributed by atoms with Crippen molar-refractivity contribution in [2.24, 2.45) is 0 Å². The highest BCUT2D eigenvalue weighted by molar-refractivity contribution is 7.89. The normalized spacial score (nSPS) is 21.3. The number of sulfonamides is 1. The highest BCUT2D eigenvalue weighted by Gasteiger charge is 2.28. The molecular formula is C13H19FN2O2S. The first kappa shape index (κ1) is 14.4. The van der Waals surface area contributed by atoms with Crippen LogP contribution in [0.4, 0.5) is 4.39 Å². The largest absolute Gasteiger partial charge is 0.317 e. The molecule has 106 valence electrons. The fraction of sp³-hybridized carbons (Fsp3) is 0.538. The summed E-state index contributed by atoms with van der Waals surface area (Å²) in [6.07, 6.45) is 2.57. The summed E-state index contributed by atoms with van der Waals surface area (Å²) in [6, 6.07) is 5.15. The average molecular weight is 286 g/mol. The molecule has 1 atom stereocenters. The second-order valence-electron chi connectivity index (χ2n) is 4.81. The van der Waals surface area contributed by atoms with E-state index in [1.165, 1.54) is 22.5 Å². The lowest BCUT2D eigenvalue weighted by molar-refractivity contribution is 0.341. The Morgan fingerprint density at radius 1 is 1.32 bits per heavy atom. The van der Waals surface area contributed by atoms with Crippen molar-refractivity contribution in [3.63, 3.8) is 0 Å². The molecule has 1 unspecified atom stereocenters. The maximum Gasteiger partial charge on any atom is 0.243 e. The molecule has 0 spiro atoms. The van der Waals surface area contributed by atoms with Gasteiger partial charge in [0.15, 0.2) is 0 Å². The molecule has 1 fully saturated rings. The van der Waals surface area contributed by atoms with E-state index in [0.29, 0.717) is 0 Å². The zero-order chi connectivity index (χ0) is 13.9. The van der Waals surface area contributed by atoms with E-state index in [4.69, 9.17) is 0 Å². The van der Waals surface area contributed by atoms with Crippen molar-refractivity contribution in [3.05, 3.63) is 30.1 Å². The summed E-state index contributed by atoms with van der Waals surface area (Å²) in [7, 11) is -2.03. The highest BCUT2D eigenvalue weighted by Crippen LogP contribution is 2.21. The summed E-state index contributed by atoms with van der Waals surface area (Å²) in [5.74, 6) is -0.531. The van der Waals surface area contributed by atoms with Crippen molar-refractivity contribution in [2.45, 2.75) is 30.2 Å². The van der Waals surface area contributed by atoms with Crippen LogP contribution in [-0.4, -0.2) is 38.9 Å². The molecule has 1 aliphatic heterocycles. The van der Waals surface area contributed by atoms with Gasteiger partial charge in [-0.2, -0.15) is 4.31 Å². The van der Waals surface area contributed by atoms with Gasteiger partial charge in [0.25, 0.3) is 0 Å². The van der Waals surface area contributed by atoms with E-state index in [1.54, 1.807) is 7.05 Å². The summed E-state index contributed by atoms with van der Waals surface area (Å²) < 4.78 is 39.4. The van der Waals surface area contributed by atoms with Crippen molar-refractivity contribution < 1.29 is 12.8 Å². The van der Waals surface area contributed by atoms with Crippen molar-refractivity contribution in [1.29, 1.82) is 0 Å². The molecule has 6 heteroatoms. The number of rotatable bonds is 3. The van der Waals surface area contributed by atoms with Gasteiger partial charge < -0.3 is 5.32 Å². The Kier molecular flexibility index (Phi) is 4.54. The maximum absolute atomic E-state index is 13.2. The second kappa shape index (κ2) is 5.98. The fourth-order valence-corrected chi connectivity index (χ4v) is 3.80. The van der Waals surface area contributed by atoms with Gasteiger partial charge in [-0.3, -0.25) is 0 Å². The zero-order valence-electron chi connectivity index (χ0n) is 11.0. The van der Waals surface area contributed by atoms with Crippen LogP contribution in [0.25, 0.3) is 0 Å². The average Bonchev–Trinajstić information content (AvgIpc) is 2.66. The van der Waals surface area contributed by atoms with Gasteiger partial charge in [-0.15, -0.1) is 0 Å². The number of benzene rings is 1. The molecule has 0 radical (unpaired) electrons. The quantitative estimate of drug-likeness (QED) is 0.918. The minimum absolute atomic E-state index is 0.0206. The van der Waals surface area contributed by atoms with E-state index in [1.807, 2.05) is 0 Å². The Labute approximate surface area is 113 Å². The molecule has 1 aromatic rings. The van der Waals surface area contributed by atoms with Crippen LogP contribution >= 0.6 is 0 Å². The Morgan fingerprint density at radius 3 is 2.84 bits per heavy atom. The smallest absolute Gasteiger partial charge is 0.243 e. The van der Waals surface area contributed by atoms with Crippen LogP contribution < -0.4 is 5.32 Å². The Balaban J connectivity index is 2.23. The van der Waals surface area contributed by atoms with Gasteiger partial charge >= 0.3 is 0 Å². The third kappa shape index (κ3) is 3.32. The summed E-state index contributed by atoms with van der Waals surface area (Å²) >= 11 is 0. The van der Waals surface area contributed by atoms with Crippen LogP contribution in [0.3, 0.4) is 0 Å².